The Bertz CT molecular complexity index is 1380. The van der Waals surface area contributed by atoms with Crippen LogP contribution >= 0.6 is 23.2 Å². The number of rotatable bonds is 4. The van der Waals surface area contributed by atoms with Crippen molar-refractivity contribution in [3.8, 4) is 22.6 Å². The third-order valence-electron chi connectivity index (χ3n) is 6.56. The van der Waals surface area contributed by atoms with E-state index in [0.29, 0.717) is 36.9 Å². The molecular weight excluding hydrogens is 526 g/mol. The molecule has 2 bridgehead atoms. The van der Waals surface area contributed by atoms with Crippen molar-refractivity contribution in [3.05, 3.63) is 58.2 Å². The molecule has 2 fully saturated rings. The molecule has 12 heteroatoms. The van der Waals surface area contributed by atoms with Gasteiger partial charge in [-0.2, -0.15) is 17.5 Å². The zero-order valence-corrected chi connectivity index (χ0v) is 20.4. The van der Waals surface area contributed by atoms with Crippen LogP contribution in [0.25, 0.3) is 22.6 Å². The number of aliphatic hydroxyl groups is 1. The lowest BCUT2D eigenvalue weighted by Crippen LogP contribution is -2.47. The first-order chi connectivity index (χ1) is 16.4. The second kappa shape index (κ2) is 8.77. The number of nitrogens with one attached hydrogen (secondary N) is 1. The normalized spacial score (nSPS) is 23.1. The Balaban J connectivity index is 1.49. The summed E-state index contributed by atoms with van der Waals surface area (Å²) in [5, 5.41) is 9.68. The van der Waals surface area contributed by atoms with Gasteiger partial charge in [0.2, 0.25) is 10.0 Å². The lowest BCUT2D eigenvalue weighted by molar-refractivity contribution is -0.137. The highest BCUT2D eigenvalue weighted by atomic mass is 35.5. The molecule has 3 heterocycles. The Morgan fingerprint density at radius 3 is 2.29 bits per heavy atom. The molecule has 2 unspecified atom stereocenters. The molecule has 0 spiro atoms. The number of fused-ring (bicyclic) bond motifs is 2. The number of piperidine rings is 1. The highest BCUT2D eigenvalue weighted by Gasteiger charge is 2.47. The molecular formula is C23H20Cl2F3N3O3S. The fourth-order valence-corrected chi connectivity index (χ4v) is 7.60. The summed E-state index contributed by atoms with van der Waals surface area (Å²) < 4.78 is 68.3. The lowest BCUT2D eigenvalue weighted by Gasteiger charge is -2.36. The minimum absolute atomic E-state index is 0.0542. The molecule has 2 aromatic carbocycles. The van der Waals surface area contributed by atoms with Gasteiger partial charge in [0.1, 0.15) is 10.7 Å². The molecule has 0 amide bonds. The van der Waals surface area contributed by atoms with Gasteiger partial charge in [0, 0.05) is 23.2 Å². The second-order valence-electron chi connectivity index (χ2n) is 8.83. The first-order valence-electron chi connectivity index (χ1n) is 10.9. The van der Waals surface area contributed by atoms with E-state index in [1.807, 2.05) is 0 Å². The van der Waals surface area contributed by atoms with Crippen LogP contribution in [0.1, 0.15) is 31.2 Å². The van der Waals surface area contributed by atoms with E-state index in [4.69, 9.17) is 23.2 Å². The molecule has 6 nitrogen and oxygen atoms in total. The Hall–Kier alpha value is -2.11. The smallest absolute Gasteiger partial charge is 0.393 e. The molecule has 0 saturated carbocycles. The first kappa shape index (κ1) is 24.6. The number of aromatic nitrogens is 2. The van der Waals surface area contributed by atoms with Gasteiger partial charge in [-0.3, -0.25) is 0 Å². The van der Waals surface area contributed by atoms with Gasteiger partial charge in [0.25, 0.3) is 0 Å². The number of imidazole rings is 1. The first-order valence-corrected chi connectivity index (χ1v) is 13.1. The molecule has 0 aliphatic carbocycles. The van der Waals surface area contributed by atoms with Crippen molar-refractivity contribution in [2.75, 3.05) is 0 Å². The summed E-state index contributed by atoms with van der Waals surface area (Å²) in [6.07, 6.45) is -1.63. The molecule has 3 aromatic rings. The maximum Gasteiger partial charge on any atom is 0.417 e. The maximum absolute atomic E-state index is 13.6. The third kappa shape index (κ3) is 4.46. The number of aliphatic hydroxyl groups excluding tert-OH is 1. The van der Waals surface area contributed by atoms with Crippen molar-refractivity contribution >= 4 is 33.2 Å². The van der Waals surface area contributed by atoms with Gasteiger partial charge < -0.3 is 10.1 Å². The summed E-state index contributed by atoms with van der Waals surface area (Å²) in [5.74, 6) is 0.272. The van der Waals surface area contributed by atoms with Crippen LogP contribution in [0.2, 0.25) is 10.0 Å². The van der Waals surface area contributed by atoms with Crippen LogP contribution in [0.15, 0.2) is 47.5 Å². The number of sulfonamides is 1. The average molecular weight is 546 g/mol. The van der Waals surface area contributed by atoms with E-state index in [2.05, 4.69) is 9.97 Å². The molecule has 2 saturated heterocycles. The molecule has 5 rings (SSSR count). The van der Waals surface area contributed by atoms with Crippen LogP contribution in [-0.2, 0) is 16.2 Å². The molecule has 2 aliphatic heterocycles. The highest BCUT2D eigenvalue weighted by Crippen LogP contribution is 2.42. The predicted molar refractivity (Wildman–Crippen MR) is 126 cm³/mol. The minimum atomic E-state index is -4.61. The number of benzene rings is 2. The Morgan fingerprint density at radius 2 is 1.63 bits per heavy atom. The Morgan fingerprint density at radius 1 is 1.00 bits per heavy atom. The molecule has 2 aliphatic rings. The SMILES string of the molecule is O=S(=O)(c1cc(-c2ncc(-c3ccc(Cl)c(C(F)(F)F)c3)[nH]2)ccc1Cl)N1C2CCC1CC(O)C2. The van der Waals surface area contributed by atoms with E-state index in [9.17, 15) is 26.7 Å². The Kier molecular flexibility index (Phi) is 6.16. The predicted octanol–water partition coefficient (Wildman–Crippen LogP) is 5.75. The summed E-state index contributed by atoms with van der Waals surface area (Å²) in [7, 11) is -3.95. The van der Waals surface area contributed by atoms with Gasteiger partial charge >= 0.3 is 6.18 Å². The van der Waals surface area contributed by atoms with Gasteiger partial charge in [-0.25, -0.2) is 13.4 Å². The van der Waals surface area contributed by atoms with E-state index >= 15 is 0 Å². The zero-order chi connectivity index (χ0) is 25.1. The number of nitrogens with zero attached hydrogens (tertiary/aromatic N) is 2. The monoisotopic (exact) mass is 545 g/mol. The summed E-state index contributed by atoms with van der Waals surface area (Å²) in [6.45, 7) is 0. The lowest BCUT2D eigenvalue weighted by atomic mass is 10.0. The van der Waals surface area contributed by atoms with Gasteiger partial charge in [0.15, 0.2) is 0 Å². The number of aromatic amines is 1. The van der Waals surface area contributed by atoms with Gasteiger partial charge in [-0.05, 0) is 56.0 Å². The van der Waals surface area contributed by atoms with Crippen molar-refractivity contribution in [2.45, 2.75) is 54.9 Å². The van der Waals surface area contributed by atoms with Crippen LogP contribution in [0.4, 0.5) is 13.2 Å². The van der Waals surface area contributed by atoms with E-state index < -0.39 is 32.9 Å². The average Bonchev–Trinajstić information content (AvgIpc) is 3.37. The number of H-pyrrole nitrogens is 1. The van der Waals surface area contributed by atoms with Crippen molar-refractivity contribution in [2.24, 2.45) is 0 Å². The van der Waals surface area contributed by atoms with Gasteiger partial charge in [-0.15, -0.1) is 0 Å². The molecule has 186 valence electrons. The molecule has 1 aromatic heterocycles. The van der Waals surface area contributed by atoms with Crippen LogP contribution in [-0.4, -0.2) is 46.0 Å². The summed E-state index contributed by atoms with van der Waals surface area (Å²) in [6, 6.07) is 7.42. The number of hydrogen-bond acceptors (Lipinski definition) is 4. The highest BCUT2D eigenvalue weighted by molar-refractivity contribution is 7.89. The van der Waals surface area contributed by atoms with E-state index in [-0.39, 0.29) is 33.4 Å². The number of halogens is 5. The van der Waals surface area contributed by atoms with Gasteiger partial charge in [-0.1, -0.05) is 29.3 Å². The fourth-order valence-electron chi connectivity index (χ4n) is 4.98. The van der Waals surface area contributed by atoms with Crippen molar-refractivity contribution < 1.29 is 26.7 Å². The fraction of sp³-hybridized carbons (Fsp3) is 0.348. The van der Waals surface area contributed by atoms with Crippen LogP contribution in [0.3, 0.4) is 0 Å². The molecule has 35 heavy (non-hydrogen) atoms. The third-order valence-corrected chi connectivity index (χ3v) is 9.38. The molecule has 2 atom stereocenters. The summed E-state index contributed by atoms with van der Waals surface area (Å²) in [4.78, 5) is 7.12. The summed E-state index contributed by atoms with van der Waals surface area (Å²) in [5.41, 5.74) is -0.0158. The topological polar surface area (TPSA) is 86.3 Å². The van der Waals surface area contributed by atoms with Gasteiger partial charge in [0.05, 0.1) is 33.6 Å². The number of alkyl halides is 3. The minimum Gasteiger partial charge on any atom is -0.393 e. The largest absolute Gasteiger partial charge is 0.417 e. The Labute approximate surface area is 209 Å². The quantitative estimate of drug-likeness (QED) is 0.437. The number of hydrogen-bond donors (Lipinski definition) is 2. The van der Waals surface area contributed by atoms with E-state index in [0.717, 1.165) is 12.1 Å². The van der Waals surface area contributed by atoms with Crippen molar-refractivity contribution in [1.29, 1.82) is 0 Å². The van der Waals surface area contributed by atoms with Crippen LogP contribution < -0.4 is 0 Å². The van der Waals surface area contributed by atoms with Crippen LogP contribution in [0.5, 0.6) is 0 Å². The van der Waals surface area contributed by atoms with E-state index in [1.165, 1.54) is 28.7 Å². The maximum atomic E-state index is 13.6. The standard InChI is InChI=1S/C23H20Cl2F3N3O3S/c24-18-5-1-12(7-17(18)23(26,27)28)20-11-29-22(30-20)13-2-6-19(25)21(8-13)35(33,34)31-14-3-4-15(31)10-16(32)9-14/h1-2,5-8,11,14-16,32H,3-4,9-10H2,(H,29,30). The van der Waals surface area contributed by atoms with Crippen molar-refractivity contribution in [1.82, 2.24) is 14.3 Å². The van der Waals surface area contributed by atoms with Crippen LogP contribution in [0, 0.1) is 0 Å². The summed E-state index contributed by atoms with van der Waals surface area (Å²) >= 11 is 12.0. The van der Waals surface area contributed by atoms with E-state index in [1.54, 1.807) is 6.07 Å². The second-order valence-corrected chi connectivity index (χ2v) is 11.5. The molecule has 0 radical (unpaired) electrons. The zero-order valence-electron chi connectivity index (χ0n) is 18.1. The van der Waals surface area contributed by atoms with Crippen molar-refractivity contribution in [3.63, 3.8) is 0 Å². The molecule has 2 N–H and O–H groups in total.